The van der Waals surface area contributed by atoms with E-state index in [1.807, 2.05) is 36.4 Å². The van der Waals surface area contributed by atoms with Crippen molar-refractivity contribution in [3.63, 3.8) is 0 Å². The molecule has 4 heteroatoms. The fraction of sp³-hybridized carbons (Fsp3) is 0.0556. The molecular weight excluding hydrogens is 274 g/mol. The molecule has 22 heavy (non-hydrogen) atoms. The van der Waals surface area contributed by atoms with Crippen LogP contribution in [0.4, 0.5) is 0 Å². The Morgan fingerprint density at radius 1 is 1.09 bits per heavy atom. The number of benzene rings is 2. The summed E-state index contributed by atoms with van der Waals surface area (Å²) in [6.45, 7) is 0. The van der Waals surface area contributed by atoms with E-state index in [-0.39, 0.29) is 0 Å². The molecule has 0 atom stereocenters. The normalized spacial score (nSPS) is 14.6. The largest absolute Gasteiger partial charge is 0.298 e. The Labute approximate surface area is 127 Å². The van der Waals surface area contributed by atoms with E-state index >= 15 is 0 Å². The van der Waals surface area contributed by atoms with Gasteiger partial charge in [0, 0.05) is 17.3 Å². The highest BCUT2D eigenvalue weighted by Crippen LogP contribution is 2.42. The van der Waals surface area contributed by atoms with Gasteiger partial charge in [-0.25, -0.2) is 0 Å². The van der Waals surface area contributed by atoms with Gasteiger partial charge in [-0.05, 0) is 40.8 Å². The number of carbonyl (C=O) groups excluding carboxylic acids is 1. The minimum atomic E-state index is 0.762. The van der Waals surface area contributed by atoms with Gasteiger partial charge in [0.15, 0.2) is 0 Å². The Morgan fingerprint density at radius 3 is 2.86 bits per heavy atom. The maximum Gasteiger partial charge on any atom is 0.150 e. The van der Waals surface area contributed by atoms with Crippen LogP contribution in [-0.4, -0.2) is 6.29 Å². The lowest BCUT2D eigenvalue weighted by molar-refractivity contribution is 0.112. The molecule has 2 aromatic rings. The van der Waals surface area contributed by atoms with E-state index in [2.05, 4.69) is 27.9 Å². The second kappa shape index (κ2) is 5.07. The molecule has 0 spiro atoms. The first kappa shape index (κ1) is 12.7. The number of nitrogens with zero attached hydrogens (tertiary/aromatic N) is 2. The molecule has 1 aliphatic heterocycles. The molecule has 1 heterocycles. The second-order valence-electron chi connectivity index (χ2n) is 5.25. The number of hydrogen-bond donors (Lipinski definition) is 1. The number of allylic oxidation sites excluding steroid dienone is 2. The Morgan fingerprint density at radius 2 is 1.95 bits per heavy atom. The topological polar surface area (TPSA) is 53.8 Å². The average Bonchev–Trinajstić information content (AvgIpc) is 2.75. The van der Waals surface area contributed by atoms with E-state index < -0.39 is 0 Å². The first-order chi connectivity index (χ1) is 10.9. The van der Waals surface area contributed by atoms with Crippen molar-refractivity contribution in [2.24, 2.45) is 10.3 Å². The van der Waals surface area contributed by atoms with Crippen molar-refractivity contribution in [1.82, 2.24) is 5.43 Å². The van der Waals surface area contributed by atoms with E-state index in [0.717, 1.165) is 46.2 Å². The summed E-state index contributed by atoms with van der Waals surface area (Å²) in [6, 6.07) is 12.0. The van der Waals surface area contributed by atoms with Crippen LogP contribution in [0.5, 0.6) is 0 Å². The molecule has 0 saturated heterocycles. The summed E-state index contributed by atoms with van der Waals surface area (Å²) in [4.78, 5) is 11.3. The van der Waals surface area contributed by atoms with Gasteiger partial charge in [-0.1, -0.05) is 41.6 Å². The van der Waals surface area contributed by atoms with Crippen molar-refractivity contribution in [3.8, 4) is 11.1 Å². The first-order valence-corrected chi connectivity index (χ1v) is 7.11. The standard InChI is InChI=1S/C18H13N3O/c22-11-13-5-2-6-14-16(13)10-12-4-1-7-15(18(12)14)17-8-3-9-19-21-20-17/h1-9,11H,10H2,(H,19,20). The molecular formula is C18H13N3O. The van der Waals surface area contributed by atoms with Gasteiger partial charge in [-0.3, -0.25) is 10.2 Å². The summed E-state index contributed by atoms with van der Waals surface area (Å²) < 4.78 is 0. The molecule has 4 nitrogen and oxygen atoms in total. The van der Waals surface area contributed by atoms with Gasteiger partial charge in [0.25, 0.3) is 0 Å². The maximum atomic E-state index is 11.3. The zero-order valence-electron chi connectivity index (χ0n) is 11.8. The Kier molecular flexibility index (Phi) is 2.93. The SMILES string of the molecule is O=Cc1cccc2c1Cc1cccc(C3=CC=CNN=N3)c1-2. The van der Waals surface area contributed by atoms with Crippen LogP contribution in [0.1, 0.15) is 27.0 Å². The van der Waals surface area contributed by atoms with Crippen molar-refractivity contribution in [2.45, 2.75) is 6.42 Å². The molecule has 0 saturated carbocycles. The number of nitrogens with one attached hydrogen (secondary N) is 1. The van der Waals surface area contributed by atoms with E-state index in [9.17, 15) is 4.79 Å². The van der Waals surface area contributed by atoms with Gasteiger partial charge >= 0.3 is 0 Å². The summed E-state index contributed by atoms with van der Waals surface area (Å²) >= 11 is 0. The molecule has 0 bridgehead atoms. The van der Waals surface area contributed by atoms with Crippen LogP contribution in [-0.2, 0) is 6.42 Å². The van der Waals surface area contributed by atoms with Crippen molar-refractivity contribution in [3.05, 3.63) is 77.0 Å². The smallest absolute Gasteiger partial charge is 0.150 e. The molecule has 4 rings (SSSR count). The van der Waals surface area contributed by atoms with Crippen molar-refractivity contribution in [1.29, 1.82) is 0 Å². The number of rotatable bonds is 2. The fourth-order valence-corrected chi connectivity index (χ4v) is 3.09. The number of carbonyl (C=O) groups is 1. The van der Waals surface area contributed by atoms with Crippen LogP contribution < -0.4 is 5.43 Å². The number of hydrogen-bond acceptors (Lipinski definition) is 4. The first-order valence-electron chi connectivity index (χ1n) is 7.11. The van der Waals surface area contributed by atoms with Gasteiger partial charge in [-0.15, -0.1) is 5.11 Å². The zero-order valence-corrected chi connectivity index (χ0v) is 11.8. The number of fused-ring (bicyclic) bond motifs is 3. The molecule has 1 N–H and O–H groups in total. The predicted molar refractivity (Wildman–Crippen MR) is 85.2 cm³/mol. The molecule has 0 unspecified atom stereocenters. The third-order valence-electron chi connectivity index (χ3n) is 4.04. The molecule has 106 valence electrons. The zero-order chi connectivity index (χ0) is 14.9. The minimum Gasteiger partial charge on any atom is -0.298 e. The van der Waals surface area contributed by atoms with Gasteiger partial charge < -0.3 is 0 Å². The molecule has 2 aromatic carbocycles. The van der Waals surface area contributed by atoms with Crippen LogP contribution in [0.25, 0.3) is 16.8 Å². The lowest BCUT2D eigenvalue weighted by Gasteiger charge is -2.09. The lowest BCUT2D eigenvalue weighted by atomic mass is 9.96. The minimum absolute atomic E-state index is 0.762. The van der Waals surface area contributed by atoms with E-state index in [0.29, 0.717) is 0 Å². The molecule has 0 radical (unpaired) electrons. The van der Waals surface area contributed by atoms with Gasteiger partial charge in [0.05, 0.1) is 5.70 Å². The van der Waals surface area contributed by atoms with Gasteiger partial charge in [0.1, 0.15) is 6.29 Å². The van der Waals surface area contributed by atoms with Crippen molar-refractivity contribution < 1.29 is 4.79 Å². The van der Waals surface area contributed by atoms with Crippen LogP contribution in [0.15, 0.2) is 65.1 Å². The monoisotopic (exact) mass is 287 g/mol. The molecule has 0 fully saturated rings. The summed E-state index contributed by atoms with van der Waals surface area (Å²) in [5.41, 5.74) is 9.93. The third kappa shape index (κ3) is 1.89. The third-order valence-corrected chi connectivity index (χ3v) is 4.04. The highest BCUT2D eigenvalue weighted by molar-refractivity contribution is 5.92. The van der Waals surface area contributed by atoms with E-state index in [1.165, 1.54) is 5.56 Å². The van der Waals surface area contributed by atoms with E-state index in [4.69, 9.17) is 0 Å². The van der Waals surface area contributed by atoms with Gasteiger partial charge in [0.2, 0.25) is 0 Å². The summed E-state index contributed by atoms with van der Waals surface area (Å²) in [5, 5.41) is 8.14. The number of aldehydes is 1. The van der Waals surface area contributed by atoms with Crippen molar-refractivity contribution >= 4 is 12.0 Å². The Balaban J connectivity index is 1.96. The predicted octanol–water partition coefficient (Wildman–Crippen LogP) is 3.90. The summed E-state index contributed by atoms with van der Waals surface area (Å²) in [5.74, 6) is 0. The fourth-order valence-electron chi connectivity index (χ4n) is 3.09. The van der Waals surface area contributed by atoms with Crippen LogP contribution in [0, 0.1) is 0 Å². The summed E-state index contributed by atoms with van der Waals surface area (Å²) in [6.07, 6.45) is 7.26. The highest BCUT2D eigenvalue weighted by Gasteiger charge is 2.24. The quantitative estimate of drug-likeness (QED) is 0.727. The van der Waals surface area contributed by atoms with Crippen LogP contribution >= 0.6 is 0 Å². The van der Waals surface area contributed by atoms with Gasteiger partial charge in [-0.2, -0.15) is 0 Å². The highest BCUT2D eigenvalue weighted by atomic mass is 16.1. The molecule has 0 aromatic heterocycles. The van der Waals surface area contributed by atoms with Crippen LogP contribution in [0.3, 0.4) is 0 Å². The van der Waals surface area contributed by atoms with Crippen molar-refractivity contribution in [2.75, 3.05) is 0 Å². The van der Waals surface area contributed by atoms with Crippen LogP contribution in [0.2, 0.25) is 0 Å². The lowest BCUT2D eigenvalue weighted by Crippen LogP contribution is -1.90. The second-order valence-corrected chi connectivity index (χ2v) is 5.25. The van der Waals surface area contributed by atoms with E-state index in [1.54, 1.807) is 6.20 Å². The molecule has 2 aliphatic rings. The average molecular weight is 287 g/mol. The summed E-state index contributed by atoms with van der Waals surface area (Å²) in [7, 11) is 0. The Bertz CT molecular complexity index is 863. The maximum absolute atomic E-state index is 11.3. The molecule has 0 amide bonds. The molecule has 1 aliphatic carbocycles. The Hall–Kier alpha value is -3.01.